The van der Waals surface area contributed by atoms with E-state index in [1.807, 2.05) is 0 Å². The summed E-state index contributed by atoms with van der Waals surface area (Å²) in [5, 5.41) is 0. The molecule has 5 heteroatoms. The lowest BCUT2D eigenvalue weighted by Gasteiger charge is -2.16. The van der Waals surface area contributed by atoms with E-state index in [0.717, 1.165) is 0 Å². The van der Waals surface area contributed by atoms with Crippen molar-refractivity contribution in [3.05, 3.63) is 35.1 Å². The van der Waals surface area contributed by atoms with Crippen LogP contribution in [0.3, 0.4) is 0 Å². The predicted octanol–water partition coefficient (Wildman–Crippen LogP) is 2.57. The van der Waals surface area contributed by atoms with Gasteiger partial charge in [-0.25, -0.2) is 4.39 Å². The Labute approximate surface area is 84.9 Å². The fourth-order valence-corrected chi connectivity index (χ4v) is 1.22. The Morgan fingerprint density at radius 2 is 1.93 bits per heavy atom. The van der Waals surface area contributed by atoms with Crippen LogP contribution >= 0.6 is 0 Å². The standard InChI is InChI=1S/C10H11F4N/c1-6-3-2-4-7(9(6)11)5-8(15)10(12,13)14/h2-4,8H,5,15H2,1H3. The van der Waals surface area contributed by atoms with Crippen LogP contribution < -0.4 is 5.73 Å². The van der Waals surface area contributed by atoms with Gasteiger partial charge < -0.3 is 5.73 Å². The summed E-state index contributed by atoms with van der Waals surface area (Å²) in [7, 11) is 0. The molecule has 0 spiro atoms. The van der Waals surface area contributed by atoms with Crippen molar-refractivity contribution in [3.8, 4) is 0 Å². The minimum absolute atomic E-state index is 0.000162. The van der Waals surface area contributed by atoms with Crippen LogP contribution in [0, 0.1) is 12.7 Å². The summed E-state index contributed by atoms with van der Waals surface area (Å²) in [5.74, 6) is -0.614. The molecule has 1 unspecified atom stereocenters. The van der Waals surface area contributed by atoms with Crippen molar-refractivity contribution >= 4 is 0 Å². The molecule has 0 radical (unpaired) electrons. The number of benzene rings is 1. The van der Waals surface area contributed by atoms with Gasteiger partial charge in [0.2, 0.25) is 0 Å². The maximum Gasteiger partial charge on any atom is 0.403 e. The topological polar surface area (TPSA) is 26.0 Å². The van der Waals surface area contributed by atoms with Gasteiger partial charge in [-0.1, -0.05) is 18.2 Å². The molecular weight excluding hydrogens is 210 g/mol. The molecule has 1 atom stereocenters. The minimum atomic E-state index is -4.49. The highest BCUT2D eigenvalue weighted by molar-refractivity contribution is 5.25. The number of aryl methyl sites for hydroxylation is 1. The maximum atomic E-state index is 13.3. The smallest absolute Gasteiger partial charge is 0.320 e. The normalized spacial score (nSPS) is 14.0. The Morgan fingerprint density at radius 3 is 2.47 bits per heavy atom. The zero-order valence-electron chi connectivity index (χ0n) is 8.11. The molecule has 0 aromatic heterocycles. The lowest BCUT2D eigenvalue weighted by atomic mass is 10.0. The van der Waals surface area contributed by atoms with Crippen molar-refractivity contribution in [2.24, 2.45) is 5.73 Å². The van der Waals surface area contributed by atoms with Crippen LogP contribution in [0.25, 0.3) is 0 Å². The fourth-order valence-electron chi connectivity index (χ4n) is 1.22. The van der Waals surface area contributed by atoms with Crippen molar-refractivity contribution < 1.29 is 17.6 Å². The molecule has 15 heavy (non-hydrogen) atoms. The van der Waals surface area contributed by atoms with Crippen LogP contribution in [0.4, 0.5) is 17.6 Å². The second-order valence-electron chi connectivity index (χ2n) is 3.40. The highest BCUT2D eigenvalue weighted by Gasteiger charge is 2.36. The van der Waals surface area contributed by atoms with Gasteiger partial charge in [0.25, 0.3) is 0 Å². The molecule has 0 fully saturated rings. The summed E-state index contributed by atoms with van der Waals surface area (Å²) in [4.78, 5) is 0. The van der Waals surface area contributed by atoms with Gasteiger partial charge in [0.1, 0.15) is 11.9 Å². The summed E-state index contributed by atoms with van der Waals surface area (Å²) >= 11 is 0. The van der Waals surface area contributed by atoms with Crippen LogP contribution in [-0.2, 0) is 6.42 Å². The zero-order valence-corrected chi connectivity index (χ0v) is 8.11. The molecule has 1 aromatic carbocycles. The third-order valence-electron chi connectivity index (χ3n) is 2.13. The number of nitrogens with two attached hydrogens (primary N) is 1. The van der Waals surface area contributed by atoms with Crippen molar-refractivity contribution in [1.82, 2.24) is 0 Å². The zero-order chi connectivity index (χ0) is 11.6. The maximum absolute atomic E-state index is 13.3. The number of hydrogen-bond acceptors (Lipinski definition) is 1. The van der Waals surface area contributed by atoms with E-state index in [1.165, 1.54) is 25.1 Å². The molecule has 0 heterocycles. The highest BCUT2D eigenvalue weighted by Crippen LogP contribution is 2.23. The first-order valence-electron chi connectivity index (χ1n) is 4.38. The molecule has 1 aromatic rings. The first-order chi connectivity index (χ1) is 6.82. The van der Waals surface area contributed by atoms with Crippen molar-refractivity contribution in [2.45, 2.75) is 25.6 Å². The Kier molecular flexibility index (Phi) is 3.34. The number of alkyl halides is 3. The van der Waals surface area contributed by atoms with Crippen LogP contribution in [0.2, 0.25) is 0 Å². The third kappa shape index (κ3) is 2.92. The van der Waals surface area contributed by atoms with Crippen LogP contribution in [0.15, 0.2) is 18.2 Å². The SMILES string of the molecule is Cc1cccc(CC(N)C(F)(F)F)c1F. The molecule has 0 bridgehead atoms. The van der Waals surface area contributed by atoms with Gasteiger partial charge in [0.05, 0.1) is 0 Å². The first-order valence-corrected chi connectivity index (χ1v) is 4.38. The van der Waals surface area contributed by atoms with Gasteiger partial charge >= 0.3 is 6.18 Å². The largest absolute Gasteiger partial charge is 0.403 e. The molecule has 0 aliphatic heterocycles. The quantitative estimate of drug-likeness (QED) is 0.763. The molecule has 0 saturated heterocycles. The molecule has 1 nitrogen and oxygen atoms in total. The van der Waals surface area contributed by atoms with E-state index < -0.39 is 24.5 Å². The van der Waals surface area contributed by atoms with Gasteiger partial charge in [-0.05, 0) is 24.5 Å². The van der Waals surface area contributed by atoms with E-state index in [0.29, 0.717) is 5.56 Å². The van der Waals surface area contributed by atoms with Crippen molar-refractivity contribution in [3.63, 3.8) is 0 Å². The second kappa shape index (κ2) is 4.18. The van der Waals surface area contributed by atoms with Gasteiger partial charge in [-0.15, -0.1) is 0 Å². The van der Waals surface area contributed by atoms with Gasteiger partial charge in [-0.3, -0.25) is 0 Å². The third-order valence-corrected chi connectivity index (χ3v) is 2.13. The van der Waals surface area contributed by atoms with Crippen LogP contribution in [0.5, 0.6) is 0 Å². The summed E-state index contributed by atoms with van der Waals surface area (Å²) in [6.07, 6.45) is -5.02. The first kappa shape index (κ1) is 12.0. The number of hydrogen-bond donors (Lipinski definition) is 1. The lowest BCUT2D eigenvalue weighted by molar-refractivity contribution is -0.147. The van der Waals surface area contributed by atoms with E-state index in [4.69, 9.17) is 5.73 Å². The molecule has 1 rings (SSSR count). The van der Waals surface area contributed by atoms with Crippen molar-refractivity contribution in [1.29, 1.82) is 0 Å². The Hall–Kier alpha value is -1.10. The van der Waals surface area contributed by atoms with E-state index in [-0.39, 0.29) is 5.56 Å². The summed E-state index contributed by atoms with van der Waals surface area (Å²) in [6.45, 7) is 1.50. The average Bonchev–Trinajstić information content (AvgIpc) is 2.11. The highest BCUT2D eigenvalue weighted by atomic mass is 19.4. The monoisotopic (exact) mass is 221 g/mol. The lowest BCUT2D eigenvalue weighted by Crippen LogP contribution is -2.39. The fraction of sp³-hybridized carbons (Fsp3) is 0.400. The molecule has 84 valence electrons. The van der Waals surface area contributed by atoms with Gasteiger partial charge in [0, 0.05) is 0 Å². The Balaban J connectivity index is 2.86. The molecule has 0 aliphatic carbocycles. The second-order valence-corrected chi connectivity index (χ2v) is 3.40. The Morgan fingerprint density at radius 1 is 1.33 bits per heavy atom. The predicted molar refractivity (Wildman–Crippen MR) is 48.9 cm³/mol. The summed E-state index contributed by atoms with van der Waals surface area (Å²) < 4.78 is 49.7. The van der Waals surface area contributed by atoms with E-state index in [2.05, 4.69) is 0 Å². The van der Waals surface area contributed by atoms with E-state index in [1.54, 1.807) is 0 Å². The van der Waals surface area contributed by atoms with Crippen molar-refractivity contribution in [2.75, 3.05) is 0 Å². The van der Waals surface area contributed by atoms with E-state index >= 15 is 0 Å². The summed E-state index contributed by atoms with van der Waals surface area (Å²) in [5.41, 5.74) is 5.23. The van der Waals surface area contributed by atoms with E-state index in [9.17, 15) is 17.6 Å². The molecule has 0 saturated carbocycles. The molecule has 2 N–H and O–H groups in total. The Bertz CT molecular complexity index is 346. The van der Waals surface area contributed by atoms with Crippen LogP contribution in [0.1, 0.15) is 11.1 Å². The average molecular weight is 221 g/mol. The number of rotatable bonds is 2. The van der Waals surface area contributed by atoms with Crippen LogP contribution in [-0.4, -0.2) is 12.2 Å². The molecular formula is C10H11F4N. The van der Waals surface area contributed by atoms with Gasteiger partial charge in [0.15, 0.2) is 0 Å². The minimum Gasteiger partial charge on any atom is -0.320 e. The van der Waals surface area contributed by atoms with Gasteiger partial charge in [-0.2, -0.15) is 13.2 Å². The summed E-state index contributed by atoms with van der Waals surface area (Å²) in [6, 6.07) is 2.30. The molecule has 0 aliphatic rings. The molecule has 0 amide bonds. The number of halogens is 4.